The minimum absolute atomic E-state index is 0.0199. The van der Waals surface area contributed by atoms with E-state index in [2.05, 4.69) is 37.2 Å². The number of aliphatic hydroxyl groups is 1. The van der Waals surface area contributed by atoms with E-state index in [0.717, 1.165) is 11.3 Å². The van der Waals surface area contributed by atoms with E-state index in [0.29, 0.717) is 4.70 Å². The van der Waals surface area contributed by atoms with E-state index in [4.69, 9.17) is 50.8 Å². The van der Waals surface area contributed by atoms with Crippen molar-refractivity contribution in [2.75, 3.05) is 31.3 Å². The van der Waals surface area contributed by atoms with E-state index in [1.165, 1.54) is 21.8 Å². The Morgan fingerprint density at radius 3 is 2.65 bits per heavy atom. The molecule has 3 aliphatic rings. The van der Waals surface area contributed by atoms with Crippen molar-refractivity contribution in [3.05, 3.63) is 32.7 Å². The summed E-state index contributed by atoms with van der Waals surface area (Å²) in [6, 6.07) is 0. The average molecular weight is 738 g/mol. The lowest BCUT2D eigenvalue weighted by molar-refractivity contribution is -0.0476. The number of aromatic amines is 1. The molecule has 3 aliphatic heterocycles. The van der Waals surface area contributed by atoms with Crippen LogP contribution in [0.3, 0.4) is 0 Å². The number of thiazole rings is 1. The maximum atomic E-state index is 13.6. The molecule has 25 heteroatoms. The zero-order valence-corrected chi connectivity index (χ0v) is 27.4. The molecule has 7 N–H and O–H groups in total. The summed E-state index contributed by atoms with van der Waals surface area (Å²) in [5, 5.41) is 11.2. The maximum absolute atomic E-state index is 13.6. The van der Waals surface area contributed by atoms with Crippen molar-refractivity contribution in [2.45, 2.75) is 43.3 Å². The van der Waals surface area contributed by atoms with Crippen LogP contribution in [-0.4, -0.2) is 88.3 Å². The smallest absolute Gasteiger partial charge is 0.386 e. The normalized spacial score (nSPS) is 35.8. The molecule has 2 bridgehead atoms. The number of thiol groups is 1. The first-order valence-electron chi connectivity index (χ1n) is 13.4. The minimum atomic E-state index is -4.30. The molecule has 0 spiro atoms. The molecule has 0 aromatic carbocycles. The fourth-order valence-corrected chi connectivity index (χ4v) is 8.98. The third-order valence-corrected chi connectivity index (χ3v) is 11.8. The number of rotatable bonds is 2. The van der Waals surface area contributed by atoms with Crippen LogP contribution in [0.15, 0.2) is 22.2 Å². The lowest BCUT2D eigenvalue weighted by Crippen LogP contribution is -2.35. The molecule has 4 unspecified atom stereocenters. The Kier molecular flexibility index (Phi) is 8.36. The molecule has 9 atom stereocenters. The predicted molar refractivity (Wildman–Crippen MR) is 166 cm³/mol. The quantitative estimate of drug-likeness (QED) is 0.117. The van der Waals surface area contributed by atoms with Crippen molar-refractivity contribution >= 4 is 82.2 Å². The monoisotopic (exact) mass is 737 g/mol. The van der Waals surface area contributed by atoms with Crippen molar-refractivity contribution in [1.82, 2.24) is 34.1 Å². The summed E-state index contributed by atoms with van der Waals surface area (Å²) in [5.74, 6) is -0.638. The topological polar surface area (TPSA) is 276 Å². The minimum Gasteiger partial charge on any atom is -0.387 e. The van der Waals surface area contributed by atoms with E-state index in [1.54, 1.807) is 0 Å². The Labute approximate surface area is 270 Å². The standard InChI is InChI=1S/C21H25N9O11P2S3/c22-15-14-17(25-5-24-15)30(21(33)46-14)10-1-7-2-36-42(34,44)37-4-9-12(31)13(41-43(35,45)38-3-8(7)39-10)19(40-9)29-6-26-11-16(29)27-20(23)28-18(11)32/h5-10,12-13,19,31H,1-4H2,(H,34,44)(H,35,45)(H2,22,24,25)(H3,23,27,28,32)/t7?,8-,9-,10-,12?,13+,19-,42?,43?/m1/s1. The van der Waals surface area contributed by atoms with Gasteiger partial charge in [0.05, 0.1) is 32.3 Å². The van der Waals surface area contributed by atoms with Crippen LogP contribution in [-0.2, 0) is 43.9 Å². The van der Waals surface area contributed by atoms with Crippen LogP contribution >= 0.6 is 37.1 Å². The summed E-state index contributed by atoms with van der Waals surface area (Å²) in [4.78, 5) is 54.3. The number of hydrogen-bond donors (Lipinski definition) is 6. The van der Waals surface area contributed by atoms with Crippen molar-refractivity contribution < 1.29 is 42.1 Å². The Morgan fingerprint density at radius 1 is 1.09 bits per heavy atom. The third kappa shape index (κ3) is 5.93. The molecule has 3 saturated heterocycles. The molecule has 0 saturated carbocycles. The molecule has 7 rings (SSSR count). The van der Waals surface area contributed by atoms with Crippen molar-refractivity contribution in [3.63, 3.8) is 0 Å². The van der Waals surface area contributed by atoms with E-state index in [9.17, 15) is 24.2 Å². The van der Waals surface area contributed by atoms with E-state index < -0.39 is 73.3 Å². The van der Waals surface area contributed by atoms with Crippen LogP contribution in [0, 0.1) is 5.92 Å². The number of anilines is 2. The van der Waals surface area contributed by atoms with Gasteiger partial charge in [-0.2, -0.15) is 4.98 Å². The number of nitrogens with zero attached hydrogens (tertiary/aromatic N) is 6. The summed E-state index contributed by atoms with van der Waals surface area (Å²) in [5.41, 5.74) is 11.2. The van der Waals surface area contributed by atoms with Crippen LogP contribution in [0.4, 0.5) is 11.8 Å². The van der Waals surface area contributed by atoms with E-state index in [1.807, 2.05) is 0 Å². The summed E-state index contributed by atoms with van der Waals surface area (Å²) >= 11 is 10.2. The predicted octanol–water partition coefficient (Wildman–Crippen LogP) is 0.0159. The lowest BCUT2D eigenvalue weighted by Gasteiger charge is -2.27. The van der Waals surface area contributed by atoms with Crippen LogP contribution < -0.4 is 21.9 Å². The largest absolute Gasteiger partial charge is 0.387 e. The number of nitrogens with two attached hydrogens (primary N) is 2. The van der Waals surface area contributed by atoms with Crippen LogP contribution in [0.5, 0.6) is 0 Å². The Hall–Kier alpha value is -2.37. The fraction of sp³-hybridized carbons (Fsp3) is 0.524. The summed E-state index contributed by atoms with van der Waals surface area (Å²) in [6.07, 6.45) is -4.66. The highest BCUT2D eigenvalue weighted by Crippen LogP contribution is 2.58. The first-order valence-corrected chi connectivity index (χ1v) is 19.5. The van der Waals surface area contributed by atoms with Gasteiger partial charge in [0.15, 0.2) is 23.0 Å². The highest BCUT2D eigenvalue weighted by molar-refractivity contribution is 8.44. The van der Waals surface area contributed by atoms with Crippen LogP contribution in [0.1, 0.15) is 18.9 Å². The van der Waals surface area contributed by atoms with Gasteiger partial charge in [-0.05, 0) is 11.8 Å². The second-order valence-corrected chi connectivity index (χ2v) is 17.2. The average Bonchev–Trinajstić information content (AvgIpc) is 3.74. The van der Waals surface area contributed by atoms with Gasteiger partial charge < -0.3 is 40.0 Å². The molecule has 46 heavy (non-hydrogen) atoms. The first kappa shape index (κ1) is 32.2. The second kappa shape index (κ2) is 11.9. The molecule has 0 aliphatic carbocycles. The van der Waals surface area contributed by atoms with Gasteiger partial charge in [-0.15, -0.1) is 0 Å². The third-order valence-electron chi connectivity index (χ3n) is 7.63. The van der Waals surface area contributed by atoms with Gasteiger partial charge in [0.2, 0.25) is 5.95 Å². The molecular formula is C21H25N9O11P2S3. The van der Waals surface area contributed by atoms with Gasteiger partial charge in [0, 0.05) is 12.3 Å². The zero-order chi connectivity index (χ0) is 32.5. The lowest BCUT2D eigenvalue weighted by atomic mass is 10.0. The number of hydrogen-bond acceptors (Lipinski definition) is 18. The number of nitrogens with one attached hydrogen (secondary N) is 1. The number of ether oxygens (including phenoxy) is 2. The van der Waals surface area contributed by atoms with Gasteiger partial charge >= 0.3 is 18.4 Å². The molecular weight excluding hydrogens is 712 g/mol. The van der Waals surface area contributed by atoms with Gasteiger partial charge in [-0.1, -0.05) is 23.6 Å². The molecule has 0 radical (unpaired) electrons. The molecule has 4 aromatic rings. The number of fused-ring (bicyclic) bond motifs is 5. The molecule has 20 nitrogen and oxygen atoms in total. The van der Waals surface area contributed by atoms with E-state index in [-0.39, 0.29) is 48.2 Å². The summed E-state index contributed by atoms with van der Waals surface area (Å²) < 4.78 is 51.2. The number of aromatic nitrogens is 7. The maximum Gasteiger partial charge on any atom is 0.386 e. The van der Waals surface area contributed by atoms with Crippen LogP contribution in [0.2, 0.25) is 0 Å². The highest BCUT2D eigenvalue weighted by Gasteiger charge is 2.50. The first-order chi connectivity index (χ1) is 21.8. The molecule has 4 aromatic heterocycles. The number of nitrogen functional groups attached to an aromatic ring is 2. The molecule has 248 valence electrons. The fourth-order valence-electron chi connectivity index (χ4n) is 5.49. The van der Waals surface area contributed by atoms with Gasteiger partial charge in [0.25, 0.3) is 5.56 Å². The number of H-pyrrole nitrogens is 1. The Balaban J connectivity index is 1.19. The SMILES string of the molecule is Nc1nc2c(ncn2[C@@H]2O[C@@H]3COP(O)(=S)OCC4C[C@H](n5c(=O)sc6c(N)ncnc65)O[C@@H]4COP(=O)(S)O[C@H]2C3O)c(=O)[nH]1. The van der Waals surface area contributed by atoms with Gasteiger partial charge in [-0.25, -0.2) is 19.5 Å². The van der Waals surface area contributed by atoms with Gasteiger partial charge in [0.1, 0.15) is 41.4 Å². The molecule has 3 fully saturated rings. The summed E-state index contributed by atoms with van der Waals surface area (Å²) in [7, 11) is 0. The Bertz CT molecular complexity index is 2040. The van der Waals surface area contributed by atoms with Crippen molar-refractivity contribution in [3.8, 4) is 0 Å². The van der Waals surface area contributed by atoms with Crippen molar-refractivity contribution in [2.24, 2.45) is 5.92 Å². The highest BCUT2D eigenvalue weighted by atomic mass is 32.7. The van der Waals surface area contributed by atoms with Gasteiger partial charge in [-0.3, -0.25) is 32.8 Å². The zero-order valence-electron chi connectivity index (χ0n) is 23.1. The molecule has 7 heterocycles. The van der Waals surface area contributed by atoms with Crippen molar-refractivity contribution in [1.29, 1.82) is 0 Å². The summed E-state index contributed by atoms with van der Waals surface area (Å²) in [6.45, 7) is -9.28. The van der Waals surface area contributed by atoms with E-state index >= 15 is 0 Å². The molecule has 0 amide bonds. The van der Waals surface area contributed by atoms with Crippen LogP contribution in [0.25, 0.3) is 21.5 Å². The number of aliphatic hydroxyl groups excluding tert-OH is 1. The Morgan fingerprint density at radius 2 is 1.85 bits per heavy atom. The number of imidazole rings is 1. The second-order valence-electron chi connectivity index (χ2n) is 10.5.